The fourth-order valence-corrected chi connectivity index (χ4v) is 1.71. The number of halogens is 4. The summed E-state index contributed by atoms with van der Waals surface area (Å²) in [6.07, 6.45) is 1.38. The summed E-state index contributed by atoms with van der Waals surface area (Å²) in [6, 6.07) is 4.62. The number of hydrogen-bond acceptors (Lipinski definition) is 3. The summed E-state index contributed by atoms with van der Waals surface area (Å²) in [4.78, 5) is 11.7. The number of esters is 1. The van der Waals surface area contributed by atoms with Gasteiger partial charge in [0.05, 0.1) is 0 Å². The summed E-state index contributed by atoms with van der Waals surface area (Å²) in [5, 5.41) is 9.04. The van der Waals surface area contributed by atoms with Crippen LogP contribution >= 0.6 is 0 Å². The van der Waals surface area contributed by atoms with E-state index in [1.807, 2.05) is 0 Å². The van der Waals surface area contributed by atoms with Crippen LogP contribution in [0.4, 0.5) is 17.6 Å². The van der Waals surface area contributed by atoms with E-state index < -0.39 is 29.0 Å². The molecule has 3 nitrogen and oxygen atoms in total. The van der Waals surface area contributed by atoms with Crippen LogP contribution in [-0.2, 0) is 4.79 Å². The monoisotopic (exact) mass is 302 g/mol. The van der Waals surface area contributed by atoms with E-state index in [-0.39, 0.29) is 11.5 Å². The number of rotatable bonds is 2. The molecule has 21 heavy (non-hydrogen) atoms. The van der Waals surface area contributed by atoms with Crippen LogP contribution in [0.3, 0.4) is 0 Å². The number of carbonyl (C=O) groups is 1. The number of phenolic OH excluding ortho intramolecular Hbond substituents is 1. The molecule has 0 heterocycles. The molecule has 112 valence electrons. The number of phenols is 1. The second kappa shape index (κ2) is 4.91. The maximum Gasteiger partial charge on any atom is 0.346 e. The standard InChI is InChI=1S/C14H10F4O3/c1-8-2-7-11(14(17,18)13(8,15)16)12(20)21-10-5-3-9(19)4-6-10/h2-7,19H,1H3. The first-order valence-electron chi connectivity index (χ1n) is 5.82. The summed E-state index contributed by atoms with van der Waals surface area (Å²) in [5.41, 5.74) is -2.26. The van der Waals surface area contributed by atoms with Crippen LogP contribution in [0, 0.1) is 0 Å². The third kappa shape index (κ3) is 2.51. The molecule has 7 heteroatoms. The van der Waals surface area contributed by atoms with Crippen molar-refractivity contribution >= 4 is 5.97 Å². The zero-order valence-corrected chi connectivity index (χ0v) is 10.7. The van der Waals surface area contributed by atoms with Gasteiger partial charge in [-0.25, -0.2) is 4.79 Å². The van der Waals surface area contributed by atoms with Gasteiger partial charge in [-0.1, -0.05) is 6.08 Å². The van der Waals surface area contributed by atoms with Crippen LogP contribution in [0.15, 0.2) is 47.6 Å². The molecule has 0 saturated carbocycles. The van der Waals surface area contributed by atoms with Crippen LogP contribution in [0.25, 0.3) is 0 Å². The first kappa shape index (κ1) is 15.1. The lowest BCUT2D eigenvalue weighted by Crippen LogP contribution is -2.47. The van der Waals surface area contributed by atoms with Crippen molar-refractivity contribution in [3.63, 3.8) is 0 Å². The second-order valence-electron chi connectivity index (χ2n) is 4.46. The predicted molar refractivity (Wildman–Crippen MR) is 65.5 cm³/mol. The fraction of sp³-hybridized carbons (Fsp3) is 0.214. The number of ether oxygens (including phenoxy) is 1. The van der Waals surface area contributed by atoms with E-state index in [2.05, 4.69) is 4.74 Å². The number of alkyl halides is 4. The molecular formula is C14H10F4O3. The van der Waals surface area contributed by atoms with E-state index in [9.17, 15) is 22.4 Å². The van der Waals surface area contributed by atoms with Gasteiger partial charge < -0.3 is 9.84 Å². The SMILES string of the molecule is CC1=CC=C(C(=O)Oc2ccc(O)cc2)C(F)(F)C1(F)F. The molecule has 1 N–H and O–H groups in total. The Morgan fingerprint density at radius 2 is 1.62 bits per heavy atom. The van der Waals surface area contributed by atoms with Crippen LogP contribution in [-0.4, -0.2) is 22.9 Å². The first-order chi connectivity index (χ1) is 9.66. The van der Waals surface area contributed by atoms with Crippen molar-refractivity contribution in [2.45, 2.75) is 18.8 Å². The number of allylic oxidation sites excluding steroid dienone is 3. The molecule has 0 spiro atoms. The molecule has 0 aliphatic heterocycles. The predicted octanol–water partition coefficient (Wildman–Crippen LogP) is 3.45. The van der Waals surface area contributed by atoms with Gasteiger partial charge in [0.15, 0.2) is 0 Å². The summed E-state index contributed by atoms with van der Waals surface area (Å²) in [6.45, 7) is 0.854. The Bertz CT molecular complexity index is 630. The van der Waals surface area contributed by atoms with Crippen LogP contribution in [0.1, 0.15) is 6.92 Å². The zero-order chi connectivity index (χ0) is 15.8. The van der Waals surface area contributed by atoms with E-state index in [1.54, 1.807) is 0 Å². The van der Waals surface area contributed by atoms with Gasteiger partial charge in [0, 0.05) is 5.57 Å². The van der Waals surface area contributed by atoms with E-state index in [4.69, 9.17) is 5.11 Å². The minimum atomic E-state index is -4.65. The van der Waals surface area contributed by atoms with Crippen molar-refractivity contribution in [1.29, 1.82) is 0 Å². The normalized spacial score (nSPS) is 19.5. The number of aromatic hydroxyl groups is 1. The molecule has 0 unspecified atom stereocenters. The van der Waals surface area contributed by atoms with Gasteiger partial charge in [-0.3, -0.25) is 0 Å². The van der Waals surface area contributed by atoms with Crippen molar-refractivity contribution in [2.75, 3.05) is 0 Å². The summed E-state index contributed by atoms with van der Waals surface area (Å²) in [7, 11) is 0. The lowest BCUT2D eigenvalue weighted by molar-refractivity contribution is -0.171. The maximum absolute atomic E-state index is 13.7. The maximum atomic E-state index is 13.7. The number of benzene rings is 1. The van der Waals surface area contributed by atoms with Gasteiger partial charge in [-0.15, -0.1) is 0 Å². The van der Waals surface area contributed by atoms with E-state index in [0.717, 1.165) is 37.3 Å². The van der Waals surface area contributed by atoms with Crippen LogP contribution in [0.2, 0.25) is 0 Å². The number of carbonyl (C=O) groups excluding carboxylic acids is 1. The Morgan fingerprint density at radius 1 is 1.05 bits per heavy atom. The topological polar surface area (TPSA) is 46.5 Å². The average molecular weight is 302 g/mol. The van der Waals surface area contributed by atoms with Crippen LogP contribution < -0.4 is 4.74 Å². The van der Waals surface area contributed by atoms with Gasteiger partial charge in [-0.05, 0) is 37.3 Å². The van der Waals surface area contributed by atoms with E-state index >= 15 is 0 Å². The Kier molecular flexibility index (Phi) is 3.52. The van der Waals surface area contributed by atoms with Crippen molar-refractivity contribution in [1.82, 2.24) is 0 Å². The van der Waals surface area contributed by atoms with E-state index in [1.165, 1.54) is 0 Å². The van der Waals surface area contributed by atoms with Crippen LogP contribution in [0.5, 0.6) is 11.5 Å². The Hall–Kier alpha value is -2.31. The summed E-state index contributed by atoms with van der Waals surface area (Å²) in [5.74, 6) is -11.0. The van der Waals surface area contributed by atoms with Gasteiger partial charge in [-0.2, -0.15) is 17.6 Å². The van der Waals surface area contributed by atoms with Crippen molar-refractivity contribution in [3.8, 4) is 11.5 Å². The van der Waals surface area contributed by atoms with Gasteiger partial charge >= 0.3 is 17.8 Å². The molecule has 0 amide bonds. The highest BCUT2D eigenvalue weighted by molar-refractivity contribution is 5.93. The van der Waals surface area contributed by atoms with Crippen molar-refractivity contribution < 1.29 is 32.2 Å². The molecule has 0 atom stereocenters. The molecule has 1 aliphatic rings. The van der Waals surface area contributed by atoms with Gasteiger partial charge in [0.2, 0.25) is 0 Å². The van der Waals surface area contributed by atoms with Crippen molar-refractivity contribution in [3.05, 3.63) is 47.6 Å². The van der Waals surface area contributed by atoms with Gasteiger partial charge in [0.1, 0.15) is 17.1 Å². The van der Waals surface area contributed by atoms with Gasteiger partial charge in [0.25, 0.3) is 0 Å². The molecule has 0 saturated heterocycles. The highest BCUT2D eigenvalue weighted by atomic mass is 19.3. The van der Waals surface area contributed by atoms with Crippen molar-refractivity contribution in [2.24, 2.45) is 0 Å². The Morgan fingerprint density at radius 3 is 2.19 bits per heavy atom. The lowest BCUT2D eigenvalue weighted by Gasteiger charge is -2.30. The summed E-state index contributed by atoms with van der Waals surface area (Å²) < 4.78 is 59.0. The molecule has 1 aliphatic carbocycles. The third-order valence-corrected chi connectivity index (χ3v) is 3.00. The minimum Gasteiger partial charge on any atom is -0.508 e. The molecule has 0 aromatic heterocycles. The first-order valence-corrected chi connectivity index (χ1v) is 5.82. The fourth-order valence-electron chi connectivity index (χ4n) is 1.71. The largest absolute Gasteiger partial charge is 0.508 e. The lowest BCUT2D eigenvalue weighted by atomic mass is 9.91. The molecule has 0 radical (unpaired) electrons. The highest BCUT2D eigenvalue weighted by Gasteiger charge is 2.63. The molecule has 0 bridgehead atoms. The average Bonchev–Trinajstić information content (AvgIpc) is 2.39. The highest BCUT2D eigenvalue weighted by Crippen LogP contribution is 2.47. The Balaban J connectivity index is 2.29. The smallest absolute Gasteiger partial charge is 0.346 e. The molecular weight excluding hydrogens is 292 g/mol. The summed E-state index contributed by atoms with van der Waals surface area (Å²) >= 11 is 0. The molecule has 0 fully saturated rings. The quantitative estimate of drug-likeness (QED) is 0.517. The molecule has 2 rings (SSSR count). The Labute approximate surface area is 117 Å². The second-order valence-corrected chi connectivity index (χ2v) is 4.46. The molecule has 1 aromatic carbocycles. The van der Waals surface area contributed by atoms with E-state index in [0.29, 0.717) is 6.08 Å². The minimum absolute atomic E-state index is 0.123. The zero-order valence-electron chi connectivity index (χ0n) is 10.7. The molecule has 1 aromatic rings. The number of hydrogen-bond donors (Lipinski definition) is 1. The third-order valence-electron chi connectivity index (χ3n) is 3.00.